The summed E-state index contributed by atoms with van der Waals surface area (Å²) in [6, 6.07) is 3.57. The topological polar surface area (TPSA) is 92.8 Å². The average Bonchev–Trinajstić information content (AvgIpc) is 1.94. The van der Waals surface area contributed by atoms with Gasteiger partial charge in [-0.05, 0) is 12.1 Å². The van der Waals surface area contributed by atoms with Crippen molar-refractivity contribution in [3.05, 3.63) is 18.2 Å². The van der Waals surface area contributed by atoms with Gasteiger partial charge in [0.05, 0.1) is 5.69 Å². The van der Waals surface area contributed by atoms with Crippen molar-refractivity contribution in [1.82, 2.24) is 0 Å². The second kappa shape index (κ2) is 2.65. The number of hydrogen-bond donors (Lipinski definition) is 3. The van der Waals surface area contributed by atoms with Gasteiger partial charge in [0.15, 0.2) is 0 Å². The highest BCUT2D eigenvalue weighted by atomic mass is 16.8. The lowest BCUT2D eigenvalue weighted by atomic mass is 10.2. The van der Waals surface area contributed by atoms with E-state index in [0.29, 0.717) is 0 Å². The molecule has 0 bridgehead atoms. The van der Waals surface area contributed by atoms with E-state index in [4.69, 9.17) is 16.1 Å². The van der Waals surface area contributed by atoms with Gasteiger partial charge < -0.3 is 10.8 Å². The van der Waals surface area contributed by atoms with Crippen LogP contribution in [0.5, 0.6) is 5.75 Å². The first-order chi connectivity index (χ1) is 5.11. The molecule has 11 heavy (non-hydrogen) atoms. The molecule has 0 aliphatic heterocycles. The SMILES string of the molecule is Nc1cc(N(O)O)ccc1[O-]. The third-order valence-electron chi connectivity index (χ3n) is 1.22. The second-order valence-electron chi connectivity index (χ2n) is 2.01. The second-order valence-corrected chi connectivity index (χ2v) is 2.01. The predicted molar refractivity (Wildman–Crippen MR) is 36.4 cm³/mol. The lowest BCUT2D eigenvalue weighted by Crippen LogP contribution is -2.11. The standard InChI is InChI=1S/C6H8N2O3/c7-5-3-4(8(10)11)1-2-6(5)9/h1-3,9-11H,7H2/p-1. The molecule has 5 heteroatoms. The van der Waals surface area contributed by atoms with E-state index in [9.17, 15) is 5.11 Å². The predicted octanol–water partition coefficient (Wildman–Crippen LogP) is -0.0728. The molecule has 1 aromatic rings. The van der Waals surface area contributed by atoms with Crippen LogP contribution in [0.3, 0.4) is 0 Å². The Balaban J connectivity index is 3.05. The fourth-order valence-corrected chi connectivity index (χ4v) is 0.660. The van der Waals surface area contributed by atoms with Crippen LogP contribution in [0.1, 0.15) is 0 Å². The summed E-state index contributed by atoms with van der Waals surface area (Å²) in [6.45, 7) is 0. The highest BCUT2D eigenvalue weighted by Crippen LogP contribution is 2.21. The monoisotopic (exact) mass is 155 g/mol. The average molecular weight is 155 g/mol. The van der Waals surface area contributed by atoms with Crippen molar-refractivity contribution in [3.8, 4) is 5.75 Å². The normalized spacial score (nSPS) is 9.64. The smallest absolute Gasteiger partial charge is 0.0962 e. The van der Waals surface area contributed by atoms with Crippen molar-refractivity contribution in [3.63, 3.8) is 0 Å². The van der Waals surface area contributed by atoms with Gasteiger partial charge in [0.1, 0.15) is 0 Å². The van der Waals surface area contributed by atoms with Crippen LogP contribution in [0.2, 0.25) is 0 Å². The minimum absolute atomic E-state index is 0.0180. The number of nitrogens with zero attached hydrogens (tertiary/aromatic N) is 1. The van der Waals surface area contributed by atoms with E-state index in [-0.39, 0.29) is 22.4 Å². The van der Waals surface area contributed by atoms with Crippen LogP contribution in [0.15, 0.2) is 18.2 Å². The zero-order valence-corrected chi connectivity index (χ0v) is 5.56. The van der Waals surface area contributed by atoms with Gasteiger partial charge in [-0.3, -0.25) is 10.4 Å². The summed E-state index contributed by atoms with van der Waals surface area (Å²) in [5.74, 6) is -0.337. The Hall–Kier alpha value is -1.46. The Bertz CT molecular complexity index is 262. The largest absolute Gasteiger partial charge is 0.871 e. The van der Waals surface area contributed by atoms with Crippen molar-refractivity contribution in [1.29, 1.82) is 0 Å². The van der Waals surface area contributed by atoms with E-state index in [1.807, 2.05) is 0 Å². The third-order valence-corrected chi connectivity index (χ3v) is 1.22. The Morgan fingerprint density at radius 3 is 2.45 bits per heavy atom. The Labute approximate surface area is 62.8 Å². The molecular weight excluding hydrogens is 148 g/mol. The molecule has 0 amide bonds. The number of benzene rings is 1. The lowest BCUT2D eigenvalue weighted by Gasteiger charge is -2.13. The summed E-state index contributed by atoms with van der Waals surface area (Å²) >= 11 is 0. The first kappa shape index (κ1) is 7.64. The zero-order valence-electron chi connectivity index (χ0n) is 5.56. The minimum Gasteiger partial charge on any atom is -0.871 e. The highest BCUT2D eigenvalue weighted by molar-refractivity contribution is 5.60. The first-order valence-corrected chi connectivity index (χ1v) is 2.85. The van der Waals surface area contributed by atoms with Gasteiger partial charge in [-0.25, -0.2) is 0 Å². The van der Waals surface area contributed by atoms with Crippen molar-refractivity contribution >= 4 is 11.4 Å². The van der Waals surface area contributed by atoms with Gasteiger partial charge in [-0.15, -0.1) is 5.23 Å². The Kier molecular flexibility index (Phi) is 1.84. The molecule has 0 radical (unpaired) electrons. The quantitative estimate of drug-likeness (QED) is 0.390. The van der Waals surface area contributed by atoms with Crippen molar-refractivity contribution in [2.24, 2.45) is 0 Å². The van der Waals surface area contributed by atoms with Crippen LogP contribution in [-0.2, 0) is 0 Å². The number of nitrogens with two attached hydrogens (primary N) is 1. The molecule has 5 nitrogen and oxygen atoms in total. The van der Waals surface area contributed by atoms with Crippen molar-refractivity contribution in [2.75, 3.05) is 11.0 Å². The summed E-state index contributed by atoms with van der Waals surface area (Å²) in [6.07, 6.45) is 0. The summed E-state index contributed by atoms with van der Waals surface area (Å²) in [5.41, 5.74) is 5.24. The summed E-state index contributed by atoms with van der Waals surface area (Å²) < 4.78 is 0. The molecule has 0 saturated heterocycles. The first-order valence-electron chi connectivity index (χ1n) is 2.85. The molecule has 0 aromatic heterocycles. The highest BCUT2D eigenvalue weighted by Gasteiger charge is 1.97. The molecule has 0 aliphatic carbocycles. The number of anilines is 2. The number of nitrogen functional groups attached to an aromatic ring is 1. The van der Waals surface area contributed by atoms with E-state index >= 15 is 0 Å². The van der Waals surface area contributed by atoms with Crippen LogP contribution in [0.4, 0.5) is 11.4 Å². The van der Waals surface area contributed by atoms with Crippen molar-refractivity contribution < 1.29 is 15.5 Å². The van der Waals surface area contributed by atoms with E-state index in [0.717, 1.165) is 6.07 Å². The van der Waals surface area contributed by atoms with E-state index < -0.39 is 0 Å². The van der Waals surface area contributed by atoms with Gasteiger partial charge in [0.25, 0.3) is 0 Å². The van der Waals surface area contributed by atoms with Gasteiger partial charge >= 0.3 is 0 Å². The maximum atomic E-state index is 10.7. The molecule has 0 unspecified atom stereocenters. The van der Waals surface area contributed by atoms with Gasteiger partial charge in [0, 0.05) is 5.69 Å². The van der Waals surface area contributed by atoms with Crippen LogP contribution >= 0.6 is 0 Å². The summed E-state index contributed by atoms with van der Waals surface area (Å²) in [7, 11) is 0. The molecule has 4 N–H and O–H groups in total. The maximum absolute atomic E-state index is 10.7. The molecule has 0 aliphatic rings. The molecule has 0 atom stereocenters. The molecule has 1 aromatic carbocycles. The van der Waals surface area contributed by atoms with Crippen molar-refractivity contribution in [2.45, 2.75) is 0 Å². The molecule has 0 saturated carbocycles. The summed E-state index contributed by atoms with van der Waals surface area (Å²) in [5, 5.41) is 27.5. The van der Waals surface area contributed by atoms with E-state index in [1.54, 1.807) is 0 Å². The maximum Gasteiger partial charge on any atom is 0.0962 e. The Morgan fingerprint density at radius 1 is 1.36 bits per heavy atom. The molecule has 0 spiro atoms. The van der Waals surface area contributed by atoms with Crippen LogP contribution in [0, 0.1) is 0 Å². The lowest BCUT2D eigenvalue weighted by molar-refractivity contribution is -0.267. The fraction of sp³-hybridized carbons (Fsp3) is 0. The number of hydrogen-bond acceptors (Lipinski definition) is 5. The van der Waals surface area contributed by atoms with Crippen LogP contribution < -0.4 is 16.1 Å². The zero-order chi connectivity index (χ0) is 8.43. The molecular formula is C6H7N2O3-. The summed E-state index contributed by atoms with van der Waals surface area (Å²) in [4.78, 5) is 0. The third kappa shape index (κ3) is 1.51. The van der Waals surface area contributed by atoms with E-state index in [2.05, 4.69) is 0 Å². The molecule has 0 heterocycles. The minimum atomic E-state index is -0.337. The van der Waals surface area contributed by atoms with Crippen LogP contribution in [0.25, 0.3) is 0 Å². The van der Waals surface area contributed by atoms with E-state index in [1.165, 1.54) is 12.1 Å². The molecule has 0 fully saturated rings. The van der Waals surface area contributed by atoms with Gasteiger partial charge in [-0.1, -0.05) is 11.8 Å². The molecule has 1 rings (SSSR count). The number of rotatable bonds is 1. The fourth-order valence-electron chi connectivity index (χ4n) is 0.660. The Morgan fingerprint density at radius 2 is 2.00 bits per heavy atom. The van der Waals surface area contributed by atoms with Gasteiger partial charge in [0.2, 0.25) is 0 Å². The van der Waals surface area contributed by atoms with Crippen LogP contribution in [-0.4, -0.2) is 10.4 Å². The molecule has 60 valence electrons. The van der Waals surface area contributed by atoms with Gasteiger partial charge in [-0.2, -0.15) is 0 Å².